The van der Waals surface area contributed by atoms with E-state index in [-0.39, 0.29) is 11.7 Å². The van der Waals surface area contributed by atoms with Crippen LogP contribution in [-0.4, -0.2) is 23.2 Å². The Hall–Kier alpha value is -2.41. The summed E-state index contributed by atoms with van der Waals surface area (Å²) in [6, 6.07) is 7.20. The third-order valence-corrected chi connectivity index (χ3v) is 4.95. The van der Waals surface area contributed by atoms with Gasteiger partial charge < -0.3 is 9.15 Å². The number of hydrogen-bond acceptors (Lipinski definition) is 6. The van der Waals surface area contributed by atoms with Crippen molar-refractivity contribution in [3.05, 3.63) is 35.0 Å². The van der Waals surface area contributed by atoms with E-state index in [4.69, 9.17) is 9.15 Å². The van der Waals surface area contributed by atoms with E-state index in [0.29, 0.717) is 22.4 Å². The number of ether oxygens (including phenoxy) is 1. The monoisotopic (exact) mass is 345 g/mol. The van der Waals surface area contributed by atoms with Gasteiger partial charge in [0.05, 0.1) is 7.11 Å². The summed E-state index contributed by atoms with van der Waals surface area (Å²) in [7, 11) is 1.57. The summed E-state index contributed by atoms with van der Waals surface area (Å²) in [5.41, 5.74) is 0.556. The molecular formula is C17H19N3O3S. The van der Waals surface area contributed by atoms with E-state index >= 15 is 0 Å². The molecule has 0 fully saturated rings. The van der Waals surface area contributed by atoms with Gasteiger partial charge in [-0.1, -0.05) is 37.3 Å². The molecule has 126 valence electrons. The summed E-state index contributed by atoms with van der Waals surface area (Å²) >= 11 is 1.41. The smallest absolute Gasteiger partial charge is 0.293 e. The number of furan rings is 1. The first-order valence-corrected chi connectivity index (χ1v) is 8.69. The first kappa shape index (κ1) is 16.4. The Morgan fingerprint density at radius 3 is 2.83 bits per heavy atom. The van der Waals surface area contributed by atoms with Crippen molar-refractivity contribution in [2.45, 2.75) is 32.6 Å². The fraction of sp³-hybridized carbons (Fsp3) is 0.353. The van der Waals surface area contributed by atoms with Crippen molar-refractivity contribution in [3.63, 3.8) is 0 Å². The zero-order chi connectivity index (χ0) is 17.1. The molecule has 2 aromatic heterocycles. The van der Waals surface area contributed by atoms with Crippen LogP contribution in [0, 0.1) is 0 Å². The number of nitrogens with zero attached hydrogens (tertiary/aromatic N) is 2. The van der Waals surface area contributed by atoms with E-state index in [2.05, 4.69) is 29.4 Å². The predicted molar refractivity (Wildman–Crippen MR) is 94.0 cm³/mol. The molecule has 0 atom stereocenters. The molecule has 2 heterocycles. The number of benzene rings is 1. The van der Waals surface area contributed by atoms with Crippen LogP contribution in [0.25, 0.3) is 11.0 Å². The van der Waals surface area contributed by atoms with Gasteiger partial charge in [0.25, 0.3) is 5.91 Å². The van der Waals surface area contributed by atoms with Gasteiger partial charge in [0.1, 0.15) is 5.01 Å². The maximum Gasteiger partial charge on any atom is 0.293 e. The Kier molecular flexibility index (Phi) is 4.80. The average molecular weight is 345 g/mol. The number of para-hydroxylation sites is 1. The number of methoxy groups -OCH3 is 1. The van der Waals surface area contributed by atoms with E-state index < -0.39 is 0 Å². The summed E-state index contributed by atoms with van der Waals surface area (Å²) in [5.74, 6) is 0.844. The van der Waals surface area contributed by atoms with Crippen molar-refractivity contribution in [2.75, 3.05) is 12.4 Å². The summed E-state index contributed by atoms with van der Waals surface area (Å²) in [6.45, 7) is 4.24. The number of anilines is 1. The Morgan fingerprint density at radius 1 is 1.33 bits per heavy atom. The first-order chi connectivity index (χ1) is 11.7. The maximum absolute atomic E-state index is 12.4. The van der Waals surface area contributed by atoms with Gasteiger partial charge in [0.15, 0.2) is 17.1 Å². The lowest BCUT2D eigenvalue weighted by atomic mass is 10.1. The number of aromatic nitrogens is 2. The molecule has 1 N–H and O–H groups in total. The number of hydrogen-bond donors (Lipinski definition) is 1. The molecule has 24 heavy (non-hydrogen) atoms. The quantitative estimate of drug-likeness (QED) is 0.714. The summed E-state index contributed by atoms with van der Waals surface area (Å²) in [6.07, 6.45) is 2.00. The van der Waals surface area contributed by atoms with Gasteiger partial charge in [0.2, 0.25) is 5.13 Å². The Labute approximate surface area is 143 Å². The highest BCUT2D eigenvalue weighted by Crippen LogP contribution is 2.30. The van der Waals surface area contributed by atoms with E-state index in [1.54, 1.807) is 19.2 Å². The number of amides is 1. The van der Waals surface area contributed by atoms with Crippen LogP contribution in [0.5, 0.6) is 5.75 Å². The number of carbonyl (C=O) groups is 1. The van der Waals surface area contributed by atoms with Crippen molar-refractivity contribution in [3.8, 4) is 5.75 Å². The molecule has 0 radical (unpaired) electrons. The molecule has 0 saturated carbocycles. The Balaban J connectivity index is 1.80. The zero-order valence-corrected chi connectivity index (χ0v) is 14.6. The Morgan fingerprint density at radius 2 is 2.12 bits per heavy atom. The lowest BCUT2D eigenvalue weighted by molar-refractivity contribution is 0.0998. The fourth-order valence-electron chi connectivity index (χ4n) is 2.56. The highest BCUT2D eigenvalue weighted by molar-refractivity contribution is 7.15. The summed E-state index contributed by atoms with van der Waals surface area (Å²) in [5, 5.41) is 13.2. The highest BCUT2D eigenvalue weighted by atomic mass is 32.1. The maximum atomic E-state index is 12.4. The summed E-state index contributed by atoms with van der Waals surface area (Å²) < 4.78 is 10.9. The molecule has 0 spiro atoms. The van der Waals surface area contributed by atoms with E-state index in [1.807, 2.05) is 12.1 Å². The van der Waals surface area contributed by atoms with Crippen LogP contribution in [0.1, 0.15) is 48.2 Å². The van der Waals surface area contributed by atoms with Crippen LogP contribution in [-0.2, 0) is 0 Å². The van der Waals surface area contributed by atoms with Gasteiger partial charge >= 0.3 is 0 Å². The van der Waals surface area contributed by atoms with Crippen molar-refractivity contribution in [1.29, 1.82) is 0 Å². The molecule has 3 rings (SSSR count). The van der Waals surface area contributed by atoms with Crippen molar-refractivity contribution in [2.24, 2.45) is 0 Å². The third kappa shape index (κ3) is 3.12. The van der Waals surface area contributed by atoms with Gasteiger partial charge in [-0.05, 0) is 25.0 Å². The Bertz CT molecular complexity index is 852. The van der Waals surface area contributed by atoms with Crippen molar-refractivity contribution >= 4 is 33.3 Å². The molecule has 0 unspecified atom stereocenters. The van der Waals surface area contributed by atoms with Gasteiger partial charge in [0, 0.05) is 11.3 Å². The van der Waals surface area contributed by atoms with Crippen LogP contribution in [0.4, 0.5) is 5.13 Å². The van der Waals surface area contributed by atoms with Gasteiger partial charge in [-0.3, -0.25) is 10.1 Å². The molecule has 1 aromatic carbocycles. The van der Waals surface area contributed by atoms with Crippen LogP contribution in [0.2, 0.25) is 0 Å². The SMILES string of the molecule is CCC(CC)c1nnc(NC(=O)c2cc3cccc(OC)c3o2)s1. The minimum atomic E-state index is -0.347. The van der Waals surface area contributed by atoms with Gasteiger partial charge in [-0.15, -0.1) is 10.2 Å². The first-order valence-electron chi connectivity index (χ1n) is 7.87. The van der Waals surface area contributed by atoms with E-state index in [0.717, 1.165) is 23.2 Å². The second-order valence-electron chi connectivity index (χ2n) is 5.40. The lowest BCUT2D eigenvalue weighted by Crippen LogP contribution is -2.10. The van der Waals surface area contributed by atoms with E-state index in [9.17, 15) is 4.79 Å². The largest absolute Gasteiger partial charge is 0.493 e. The molecule has 6 nitrogen and oxygen atoms in total. The summed E-state index contributed by atoms with van der Waals surface area (Å²) in [4.78, 5) is 12.4. The average Bonchev–Trinajstić information content (AvgIpc) is 3.22. The third-order valence-electron chi connectivity index (χ3n) is 3.95. The molecule has 0 bridgehead atoms. The lowest BCUT2D eigenvalue weighted by Gasteiger charge is -2.05. The van der Waals surface area contributed by atoms with Gasteiger partial charge in [-0.2, -0.15) is 0 Å². The normalized spacial score (nSPS) is 11.2. The number of fused-ring (bicyclic) bond motifs is 1. The standard InChI is InChI=1S/C17H19N3O3S/c1-4-10(5-2)16-19-20-17(24-16)18-15(21)13-9-11-7-6-8-12(22-3)14(11)23-13/h6-10H,4-5H2,1-3H3,(H,18,20,21). The number of nitrogens with one attached hydrogen (secondary N) is 1. The van der Waals surface area contributed by atoms with Crippen molar-refractivity contribution < 1.29 is 13.9 Å². The predicted octanol–water partition coefficient (Wildman–Crippen LogP) is 4.45. The highest BCUT2D eigenvalue weighted by Gasteiger charge is 2.18. The molecule has 7 heteroatoms. The molecule has 0 aliphatic rings. The van der Waals surface area contributed by atoms with E-state index in [1.165, 1.54) is 11.3 Å². The molecule has 0 saturated heterocycles. The molecule has 0 aliphatic heterocycles. The van der Waals surface area contributed by atoms with Crippen LogP contribution in [0.3, 0.4) is 0 Å². The molecule has 1 amide bonds. The second kappa shape index (κ2) is 7.00. The zero-order valence-electron chi connectivity index (χ0n) is 13.8. The second-order valence-corrected chi connectivity index (χ2v) is 6.41. The molecule has 3 aromatic rings. The fourth-order valence-corrected chi connectivity index (χ4v) is 3.56. The van der Waals surface area contributed by atoms with Crippen LogP contribution in [0.15, 0.2) is 28.7 Å². The molecule has 0 aliphatic carbocycles. The number of carbonyl (C=O) groups excluding carboxylic acids is 1. The minimum Gasteiger partial charge on any atom is -0.493 e. The molecular weight excluding hydrogens is 326 g/mol. The number of rotatable bonds is 6. The van der Waals surface area contributed by atoms with Crippen LogP contribution >= 0.6 is 11.3 Å². The minimum absolute atomic E-state index is 0.216. The topological polar surface area (TPSA) is 77.2 Å². The van der Waals surface area contributed by atoms with Gasteiger partial charge in [-0.25, -0.2) is 0 Å². The van der Waals surface area contributed by atoms with Crippen LogP contribution < -0.4 is 10.1 Å². The van der Waals surface area contributed by atoms with Crippen molar-refractivity contribution in [1.82, 2.24) is 10.2 Å².